The molecule has 5 nitrogen and oxygen atoms in total. The Morgan fingerprint density at radius 2 is 2.06 bits per heavy atom. The number of nitro groups is 1. The van der Waals surface area contributed by atoms with Crippen molar-refractivity contribution in [3.8, 4) is 0 Å². The van der Waals surface area contributed by atoms with Crippen LogP contribution in [-0.4, -0.2) is 17.5 Å². The molecule has 0 aliphatic rings. The van der Waals surface area contributed by atoms with Crippen molar-refractivity contribution in [2.75, 3.05) is 11.9 Å². The Morgan fingerprint density at radius 3 is 2.53 bits per heavy atom. The third kappa shape index (κ3) is 4.40. The SMILES string of the molecule is CCCCC(CN)Nc1ccc([N+](=O)[O-])cc1. The molecule has 17 heavy (non-hydrogen) atoms. The maximum absolute atomic E-state index is 10.5. The van der Waals surface area contributed by atoms with E-state index in [0.29, 0.717) is 6.54 Å². The number of hydrogen-bond acceptors (Lipinski definition) is 4. The average molecular weight is 237 g/mol. The number of nitrogens with zero attached hydrogens (tertiary/aromatic N) is 1. The summed E-state index contributed by atoms with van der Waals surface area (Å²) < 4.78 is 0. The summed E-state index contributed by atoms with van der Waals surface area (Å²) in [5.41, 5.74) is 6.65. The molecule has 0 saturated carbocycles. The molecule has 1 aromatic rings. The highest BCUT2D eigenvalue weighted by atomic mass is 16.6. The van der Waals surface area contributed by atoms with E-state index in [9.17, 15) is 10.1 Å². The van der Waals surface area contributed by atoms with Gasteiger partial charge in [0.05, 0.1) is 4.92 Å². The van der Waals surface area contributed by atoms with Gasteiger partial charge in [-0.25, -0.2) is 0 Å². The van der Waals surface area contributed by atoms with Crippen molar-refractivity contribution in [3.05, 3.63) is 34.4 Å². The zero-order chi connectivity index (χ0) is 12.7. The van der Waals surface area contributed by atoms with Crippen molar-refractivity contribution in [2.45, 2.75) is 32.2 Å². The molecule has 1 aromatic carbocycles. The molecular formula is C12H19N3O2. The predicted octanol–water partition coefficient (Wildman–Crippen LogP) is 2.52. The summed E-state index contributed by atoms with van der Waals surface area (Å²) in [5, 5.41) is 13.8. The Hall–Kier alpha value is -1.62. The molecule has 0 aliphatic carbocycles. The fourth-order valence-corrected chi connectivity index (χ4v) is 1.61. The number of nitro benzene ring substituents is 1. The zero-order valence-electron chi connectivity index (χ0n) is 10.1. The summed E-state index contributed by atoms with van der Waals surface area (Å²) in [5.74, 6) is 0. The van der Waals surface area contributed by atoms with E-state index in [-0.39, 0.29) is 11.7 Å². The van der Waals surface area contributed by atoms with Gasteiger partial charge in [-0.2, -0.15) is 0 Å². The van der Waals surface area contributed by atoms with E-state index in [2.05, 4.69) is 12.2 Å². The largest absolute Gasteiger partial charge is 0.381 e. The van der Waals surface area contributed by atoms with Gasteiger partial charge in [-0.05, 0) is 18.6 Å². The predicted molar refractivity (Wildman–Crippen MR) is 69.1 cm³/mol. The van der Waals surface area contributed by atoms with Gasteiger partial charge in [-0.15, -0.1) is 0 Å². The Morgan fingerprint density at radius 1 is 1.41 bits per heavy atom. The molecule has 0 spiro atoms. The topological polar surface area (TPSA) is 81.2 Å². The first-order chi connectivity index (χ1) is 8.17. The van der Waals surface area contributed by atoms with E-state index in [1.165, 1.54) is 12.1 Å². The molecule has 0 saturated heterocycles. The van der Waals surface area contributed by atoms with Crippen molar-refractivity contribution < 1.29 is 4.92 Å². The van der Waals surface area contributed by atoms with Gasteiger partial charge in [-0.3, -0.25) is 10.1 Å². The summed E-state index contributed by atoms with van der Waals surface area (Å²) in [6.45, 7) is 2.70. The van der Waals surface area contributed by atoms with Crippen molar-refractivity contribution in [1.29, 1.82) is 0 Å². The minimum absolute atomic E-state index is 0.105. The lowest BCUT2D eigenvalue weighted by molar-refractivity contribution is -0.384. The molecule has 0 aromatic heterocycles. The maximum atomic E-state index is 10.5. The van der Waals surface area contributed by atoms with E-state index in [4.69, 9.17) is 5.73 Å². The first kappa shape index (κ1) is 13.4. The fourth-order valence-electron chi connectivity index (χ4n) is 1.61. The van der Waals surface area contributed by atoms with Crippen LogP contribution >= 0.6 is 0 Å². The molecule has 0 heterocycles. The van der Waals surface area contributed by atoms with Crippen LogP contribution in [0.5, 0.6) is 0 Å². The molecule has 0 aliphatic heterocycles. The lowest BCUT2D eigenvalue weighted by Crippen LogP contribution is -2.28. The van der Waals surface area contributed by atoms with Gasteiger partial charge in [0.15, 0.2) is 0 Å². The van der Waals surface area contributed by atoms with Gasteiger partial charge in [-0.1, -0.05) is 19.8 Å². The summed E-state index contributed by atoms with van der Waals surface area (Å²) in [4.78, 5) is 10.1. The molecule has 1 unspecified atom stereocenters. The van der Waals surface area contributed by atoms with Gasteiger partial charge in [0.2, 0.25) is 0 Å². The first-order valence-electron chi connectivity index (χ1n) is 5.88. The Balaban J connectivity index is 2.57. The van der Waals surface area contributed by atoms with Crippen molar-refractivity contribution >= 4 is 11.4 Å². The second-order valence-electron chi connectivity index (χ2n) is 4.02. The lowest BCUT2D eigenvalue weighted by Gasteiger charge is -2.17. The quantitative estimate of drug-likeness (QED) is 0.564. The molecule has 0 radical (unpaired) electrons. The maximum Gasteiger partial charge on any atom is 0.269 e. The first-order valence-corrected chi connectivity index (χ1v) is 5.88. The van der Waals surface area contributed by atoms with Crippen LogP contribution < -0.4 is 11.1 Å². The number of nitrogens with two attached hydrogens (primary N) is 1. The number of anilines is 1. The second-order valence-corrected chi connectivity index (χ2v) is 4.02. The normalized spacial score (nSPS) is 12.1. The van der Waals surface area contributed by atoms with Crippen LogP contribution in [0.15, 0.2) is 24.3 Å². The van der Waals surface area contributed by atoms with E-state index in [0.717, 1.165) is 24.9 Å². The molecule has 1 atom stereocenters. The van der Waals surface area contributed by atoms with Crippen LogP contribution in [0.1, 0.15) is 26.2 Å². The van der Waals surface area contributed by atoms with Crippen molar-refractivity contribution in [1.82, 2.24) is 0 Å². The molecule has 1 rings (SSSR count). The fraction of sp³-hybridized carbons (Fsp3) is 0.500. The number of unbranched alkanes of at least 4 members (excludes halogenated alkanes) is 1. The Kier molecular flexibility index (Phi) is 5.42. The third-order valence-electron chi connectivity index (χ3n) is 2.64. The standard InChI is InChI=1S/C12H19N3O2/c1-2-3-4-11(9-13)14-10-5-7-12(8-6-10)15(16)17/h5-8,11,14H,2-4,9,13H2,1H3. The monoisotopic (exact) mass is 237 g/mol. The number of benzene rings is 1. The van der Waals surface area contributed by atoms with E-state index in [1.807, 2.05) is 0 Å². The molecule has 0 bridgehead atoms. The Labute approximate surface area is 101 Å². The second kappa shape index (κ2) is 6.85. The van der Waals surface area contributed by atoms with Gasteiger partial charge in [0.25, 0.3) is 5.69 Å². The van der Waals surface area contributed by atoms with Gasteiger partial charge < -0.3 is 11.1 Å². The van der Waals surface area contributed by atoms with E-state index in [1.54, 1.807) is 12.1 Å². The highest BCUT2D eigenvalue weighted by Crippen LogP contribution is 2.17. The van der Waals surface area contributed by atoms with Crippen molar-refractivity contribution in [3.63, 3.8) is 0 Å². The van der Waals surface area contributed by atoms with Crippen LogP contribution in [0.25, 0.3) is 0 Å². The summed E-state index contributed by atoms with van der Waals surface area (Å²) in [7, 11) is 0. The summed E-state index contributed by atoms with van der Waals surface area (Å²) in [6.07, 6.45) is 3.28. The lowest BCUT2D eigenvalue weighted by atomic mass is 10.1. The molecular weight excluding hydrogens is 218 g/mol. The van der Waals surface area contributed by atoms with Gasteiger partial charge >= 0.3 is 0 Å². The molecule has 0 amide bonds. The van der Waals surface area contributed by atoms with Gasteiger partial charge in [0.1, 0.15) is 0 Å². The highest BCUT2D eigenvalue weighted by Gasteiger charge is 2.07. The van der Waals surface area contributed by atoms with Crippen LogP contribution in [-0.2, 0) is 0 Å². The highest BCUT2D eigenvalue weighted by molar-refractivity contribution is 5.49. The van der Waals surface area contributed by atoms with Crippen LogP contribution in [0.2, 0.25) is 0 Å². The van der Waals surface area contributed by atoms with Crippen molar-refractivity contribution in [2.24, 2.45) is 5.73 Å². The van der Waals surface area contributed by atoms with Gasteiger partial charge in [0, 0.05) is 30.4 Å². The molecule has 0 fully saturated rings. The smallest absolute Gasteiger partial charge is 0.269 e. The number of nitrogens with one attached hydrogen (secondary N) is 1. The summed E-state index contributed by atoms with van der Waals surface area (Å²) >= 11 is 0. The van der Waals surface area contributed by atoms with E-state index >= 15 is 0 Å². The molecule has 5 heteroatoms. The Bertz CT molecular complexity index is 351. The number of non-ortho nitro benzene ring substituents is 1. The van der Waals surface area contributed by atoms with Crippen LogP contribution in [0, 0.1) is 10.1 Å². The van der Waals surface area contributed by atoms with Crippen LogP contribution in [0.4, 0.5) is 11.4 Å². The minimum atomic E-state index is -0.402. The molecule has 94 valence electrons. The van der Waals surface area contributed by atoms with Crippen LogP contribution in [0.3, 0.4) is 0 Å². The van der Waals surface area contributed by atoms with E-state index < -0.39 is 4.92 Å². The minimum Gasteiger partial charge on any atom is -0.381 e. The number of rotatable bonds is 7. The summed E-state index contributed by atoms with van der Waals surface area (Å²) in [6, 6.07) is 6.65. The zero-order valence-corrected chi connectivity index (χ0v) is 10.1. The molecule has 3 N–H and O–H groups in total. The number of hydrogen-bond donors (Lipinski definition) is 2. The average Bonchev–Trinajstić information content (AvgIpc) is 2.35. The third-order valence-corrected chi connectivity index (χ3v) is 2.64.